The predicted molar refractivity (Wildman–Crippen MR) is 123 cm³/mol. The van der Waals surface area contributed by atoms with Crippen LogP contribution in [0, 0.1) is 18.6 Å². The van der Waals surface area contributed by atoms with Crippen LogP contribution in [0.15, 0.2) is 60.7 Å². The van der Waals surface area contributed by atoms with Crippen LogP contribution >= 0.6 is 11.6 Å². The number of hydrogen-bond acceptors (Lipinski definition) is 3. The summed E-state index contributed by atoms with van der Waals surface area (Å²) in [6, 6.07) is 16.8. The lowest BCUT2D eigenvalue weighted by atomic mass is 9.96. The first kappa shape index (κ1) is 25.9. The first-order valence-electron chi connectivity index (χ1n) is 10.4. The maximum atomic E-state index is 13.9. The van der Waals surface area contributed by atoms with Gasteiger partial charge in [-0.3, -0.25) is 4.79 Å². The Labute approximate surface area is 196 Å². The number of hydrogen-bond donors (Lipinski definition) is 1. The van der Waals surface area contributed by atoms with Crippen molar-refractivity contribution in [3.05, 3.63) is 94.6 Å². The van der Waals surface area contributed by atoms with E-state index in [1.807, 2.05) is 24.3 Å². The highest BCUT2D eigenvalue weighted by molar-refractivity contribution is 6.18. The van der Waals surface area contributed by atoms with Gasteiger partial charge in [0, 0.05) is 5.88 Å². The van der Waals surface area contributed by atoms with E-state index in [4.69, 9.17) is 21.2 Å². The summed E-state index contributed by atoms with van der Waals surface area (Å²) in [7, 11) is 0. The quantitative estimate of drug-likeness (QED) is 0.428. The summed E-state index contributed by atoms with van der Waals surface area (Å²) in [5.41, 5.74) is 4.94. The molecule has 0 aromatic heterocycles. The molecular formula is C26H24ClF2NO3. The molecule has 1 amide bonds. The van der Waals surface area contributed by atoms with Crippen LogP contribution in [-0.4, -0.2) is 17.9 Å². The Morgan fingerprint density at radius 1 is 1.00 bits per heavy atom. The van der Waals surface area contributed by atoms with Crippen LogP contribution in [0.5, 0.6) is 0 Å². The van der Waals surface area contributed by atoms with E-state index in [0.717, 1.165) is 41.7 Å². The number of nitrogens with one attached hydrogen (secondary N) is 1. The van der Waals surface area contributed by atoms with Gasteiger partial charge in [0.2, 0.25) is 0 Å². The van der Waals surface area contributed by atoms with E-state index in [1.165, 1.54) is 17.2 Å². The second-order valence-corrected chi connectivity index (χ2v) is 7.68. The predicted octanol–water partition coefficient (Wildman–Crippen LogP) is 6.02. The molecular weight excluding hydrogens is 448 g/mol. The van der Waals surface area contributed by atoms with Gasteiger partial charge in [0.15, 0.2) is 0 Å². The monoisotopic (exact) mass is 471 g/mol. The lowest BCUT2D eigenvalue weighted by Crippen LogP contribution is -2.31. The SMILES string of the molecule is CCCc1cc(-c2ccc(C(CCl)NC(=O)c3c(F)cccc3F)cc2)ccc1C.O=C=O. The lowest BCUT2D eigenvalue weighted by Gasteiger charge is -2.18. The van der Waals surface area contributed by atoms with Gasteiger partial charge in [0.25, 0.3) is 5.91 Å². The molecule has 0 aliphatic carbocycles. The van der Waals surface area contributed by atoms with Gasteiger partial charge in [-0.25, -0.2) is 8.78 Å². The minimum Gasteiger partial charge on any atom is -0.344 e. The highest BCUT2D eigenvalue weighted by Crippen LogP contribution is 2.26. The van der Waals surface area contributed by atoms with E-state index in [9.17, 15) is 13.6 Å². The average molecular weight is 472 g/mol. The van der Waals surface area contributed by atoms with Crippen LogP contribution in [-0.2, 0) is 16.0 Å². The van der Waals surface area contributed by atoms with Crippen LogP contribution in [0.1, 0.15) is 46.4 Å². The van der Waals surface area contributed by atoms with Crippen LogP contribution < -0.4 is 5.32 Å². The molecule has 33 heavy (non-hydrogen) atoms. The standard InChI is InChI=1S/C25H24ClF2NO.CO2/c1-3-5-19-14-20(9-8-16(19)2)17-10-12-18(13-11-17)23(15-26)29-25(30)24-21(27)6-4-7-22(24)28;2-1-3/h4,6-14,23H,3,5,15H2,1-2H3,(H,29,30);. The minimum atomic E-state index is -0.904. The molecule has 3 aromatic rings. The maximum Gasteiger partial charge on any atom is 0.373 e. The van der Waals surface area contributed by atoms with Crippen LogP contribution in [0.2, 0.25) is 0 Å². The summed E-state index contributed by atoms with van der Waals surface area (Å²) in [6.07, 6.45) is 2.37. The van der Waals surface area contributed by atoms with Crippen LogP contribution in [0.25, 0.3) is 11.1 Å². The van der Waals surface area contributed by atoms with E-state index in [-0.39, 0.29) is 12.0 Å². The number of rotatable bonds is 7. The van der Waals surface area contributed by atoms with Crippen molar-refractivity contribution in [3.8, 4) is 11.1 Å². The third kappa shape index (κ3) is 6.82. The Morgan fingerprint density at radius 3 is 2.12 bits per heavy atom. The number of aryl methyl sites for hydroxylation is 2. The molecule has 0 heterocycles. The van der Waals surface area contributed by atoms with Gasteiger partial charge in [-0.1, -0.05) is 61.9 Å². The highest BCUT2D eigenvalue weighted by atomic mass is 35.5. The zero-order valence-electron chi connectivity index (χ0n) is 18.3. The van der Waals surface area contributed by atoms with Gasteiger partial charge in [-0.2, -0.15) is 9.59 Å². The first-order valence-corrected chi connectivity index (χ1v) is 10.9. The van der Waals surface area contributed by atoms with Crippen molar-refractivity contribution in [1.82, 2.24) is 5.32 Å². The molecule has 0 radical (unpaired) electrons. The molecule has 3 rings (SSSR count). The van der Waals surface area contributed by atoms with Crippen molar-refractivity contribution in [3.63, 3.8) is 0 Å². The number of carbonyl (C=O) groups is 1. The summed E-state index contributed by atoms with van der Waals surface area (Å²) in [6.45, 7) is 4.28. The largest absolute Gasteiger partial charge is 0.373 e. The second-order valence-electron chi connectivity index (χ2n) is 7.37. The summed E-state index contributed by atoms with van der Waals surface area (Å²) in [5.74, 6) is -2.56. The molecule has 0 spiro atoms. The Bertz CT molecular complexity index is 1110. The number of alkyl halides is 1. The molecule has 4 nitrogen and oxygen atoms in total. The first-order chi connectivity index (χ1) is 15.9. The fourth-order valence-electron chi connectivity index (χ4n) is 3.45. The minimum absolute atomic E-state index is 0.0757. The zero-order chi connectivity index (χ0) is 24.4. The van der Waals surface area contributed by atoms with E-state index in [1.54, 1.807) is 0 Å². The number of amides is 1. The van der Waals surface area contributed by atoms with Gasteiger partial charge >= 0.3 is 6.15 Å². The van der Waals surface area contributed by atoms with Crippen molar-refractivity contribution in [2.24, 2.45) is 0 Å². The molecule has 7 heteroatoms. The Kier molecular flexibility index (Phi) is 9.92. The highest BCUT2D eigenvalue weighted by Gasteiger charge is 2.21. The maximum absolute atomic E-state index is 13.9. The van der Waals surface area contributed by atoms with Crippen LogP contribution in [0.3, 0.4) is 0 Å². The summed E-state index contributed by atoms with van der Waals surface area (Å²) >= 11 is 6.04. The van der Waals surface area contributed by atoms with Gasteiger partial charge in [-0.15, -0.1) is 11.6 Å². The molecule has 172 valence electrons. The molecule has 0 aliphatic heterocycles. The van der Waals surface area contributed by atoms with Crippen molar-refractivity contribution in [2.75, 3.05) is 5.88 Å². The third-order valence-corrected chi connectivity index (χ3v) is 5.47. The van der Waals surface area contributed by atoms with E-state index in [2.05, 4.69) is 37.4 Å². The summed E-state index contributed by atoms with van der Waals surface area (Å²) in [4.78, 5) is 28.6. The molecule has 1 unspecified atom stereocenters. The summed E-state index contributed by atoms with van der Waals surface area (Å²) < 4.78 is 27.8. The molecule has 0 saturated heterocycles. The van der Waals surface area contributed by atoms with Gasteiger partial charge < -0.3 is 5.32 Å². The molecule has 0 bridgehead atoms. The Balaban J connectivity index is 0.00000122. The molecule has 0 saturated carbocycles. The van der Waals surface area contributed by atoms with E-state index >= 15 is 0 Å². The number of carbonyl (C=O) groups excluding carboxylic acids is 3. The van der Waals surface area contributed by atoms with Crippen LogP contribution in [0.4, 0.5) is 8.78 Å². The zero-order valence-corrected chi connectivity index (χ0v) is 19.1. The van der Waals surface area contributed by atoms with Gasteiger partial charge in [0.1, 0.15) is 17.2 Å². The molecule has 1 N–H and O–H groups in total. The Hall–Kier alpha value is -3.34. The van der Waals surface area contributed by atoms with Crippen molar-refractivity contribution >= 4 is 23.7 Å². The Morgan fingerprint density at radius 2 is 1.58 bits per heavy atom. The van der Waals surface area contributed by atoms with Gasteiger partial charge in [0.05, 0.1) is 6.04 Å². The average Bonchev–Trinajstić information content (AvgIpc) is 2.80. The molecule has 3 aromatic carbocycles. The summed E-state index contributed by atoms with van der Waals surface area (Å²) in [5, 5.41) is 2.62. The fourth-order valence-corrected chi connectivity index (χ4v) is 3.71. The van der Waals surface area contributed by atoms with E-state index in [0.29, 0.717) is 0 Å². The van der Waals surface area contributed by atoms with Crippen molar-refractivity contribution < 1.29 is 23.2 Å². The normalized spacial score (nSPS) is 11.1. The molecule has 0 fully saturated rings. The van der Waals surface area contributed by atoms with E-state index < -0.39 is 29.1 Å². The molecule has 0 aliphatic rings. The fraction of sp³-hybridized carbons (Fsp3) is 0.231. The number of benzene rings is 3. The lowest BCUT2D eigenvalue weighted by molar-refractivity contribution is -0.191. The van der Waals surface area contributed by atoms with Crippen molar-refractivity contribution in [1.29, 1.82) is 0 Å². The number of halogens is 3. The van der Waals surface area contributed by atoms with Crippen molar-refractivity contribution in [2.45, 2.75) is 32.7 Å². The second kappa shape index (κ2) is 12.6. The smallest absolute Gasteiger partial charge is 0.344 e. The third-order valence-electron chi connectivity index (χ3n) is 5.16. The van der Waals surface area contributed by atoms with Gasteiger partial charge in [-0.05, 0) is 53.3 Å². The molecule has 1 atom stereocenters. The topological polar surface area (TPSA) is 63.2 Å².